The van der Waals surface area contributed by atoms with E-state index in [4.69, 9.17) is 16.3 Å². The van der Waals surface area contributed by atoms with Crippen molar-refractivity contribution in [2.75, 3.05) is 6.61 Å². The lowest BCUT2D eigenvalue weighted by Crippen LogP contribution is -2.11. The number of benzene rings is 1. The Kier molecular flexibility index (Phi) is 6.29. The standard InChI is InChI=1S/C17H17ClN4O2S2/c1-3-24-15(23)8-14-20-21-17(22(14)2)26-10-13-9-25-16(19-13)11-4-6-12(18)7-5-11/h4-7,9H,3,8,10H2,1-2H3. The zero-order chi connectivity index (χ0) is 18.5. The molecule has 3 aromatic rings. The Labute approximate surface area is 164 Å². The summed E-state index contributed by atoms with van der Waals surface area (Å²) in [5.41, 5.74) is 2.02. The molecule has 2 heterocycles. The molecule has 0 fully saturated rings. The number of thiazole rings is 1. The Morgan fingerprint density at radius 1 is 1.31 bits per heavy atom. The minimum Gasteiger partial charge on any atom is -0.466 e. The average Bonchev–Trinajstić information content (AvgIpc) is 3.22. The number of nitrogens with zero attached hydrogens (tertiary/aromatic N) is 4. The largest absolute Gasteiger partial charge is 0.466 e. The van der Waals surface area contributed by atoms with E-state index in [1.807, 2.05) is 41.3 Å². The van der Waals surface area contributed by atoms with E-state index in [1.165, 1.54) is 11.8 Å². The summed E-state index contributed by atoms with van der Waals surface area (Å²) in [5.74, 6) is 0.966. The number of hydrogen-bond donors (Lipinski definition) is 0. The number of aromatic nitrogens is 4. The second-order valence-electron chi connectivity index (χ2n) is 5.38. The third-order valence-electron chi connectivity index (χ3n) is 3.52. The lowest BCUT2D eigenvalue weighted by Gasteiger charge is -2.03. The maximum Gasteiger partial charge on any atom is 0.313 e. The van der Waals surface area contributed by atoms with Gasteiger partial charge < -0.3 is 9.30 Å². The highest BCUT2D eigenvalue weighted by Gasteiger charge is 2.14. The lowest BCUT2D eigenvalue weighted by atomic mass is 10.2. The minimum absolute atomic E-state index is 0.120. The molecule has 0 unspecified atom stereocenters. The molecule has 0 atom stereocenters. The maximum absolute atomic E-state index is 11.6. The fourth-order valence-electron chi connectivity index (χ4n) is 2.20. The first-order chi connectivity index (χ1) is 12.6. The van der Waals surface area contributed by atoms with Gasteiger partial charge in [0.05, 0.1) is 12.3 Å². The molecule has 26 heavy (non-hydrogen) atoms. The first-order valence-corrected chi connectivity index (χ1v) is 10.2. The van der Waals surface area contributed by atoms with Crippen LogP contribution in [0.4, 0.5) is 0 Å². The van der Waals surface area contributed by atoms with E-state index in [1.54, 1.807) is 18.3 Å². The predicted molar refractivity (Wildman–Crippen MR) is 103 cm³/mol. The Morgan fingerprint density at radius 2 is 2.08 bits per heavy atom. The Morgan fingerprint density at radius 3 is 2.81 bits per heavy atom. The molecule has 0 N–H and O–H groups in total. The molecule has 0 saturated heterocycles. The molecule has 2 aromatic heterocycles. The van der Waals surface area contributed by atoms with Crippen molar-refractivity contribution in [1.29, 1.82) is 0 Å². The molecule has 0 aliphatic carbocycles. The summed E-state index contributed by atoms with van der Waals surface area (Å²) in [7, 11) is 1.84. The summed E-state index contributed by atoms with van der Waals surface area (Å²) in [6.45, 7) is 2.14. The summed E-state index contributed by atoms with van der Waals surface area (Å²) in [4.78, 5) is 16.2. The van der Waals surface area contributed by atoms with Crippen molar-refractivity contribution in [3.05, 3.63) is 46.2 Å². The highest BCUT2D eigenvalue weighted by atomic mass is 35.5. The van der Waals surface area contributed by atoms with Crippen molar-refractivity contribution >= 4 is 40.7 Å². The molecule has 0 spiro atoms. The van der Waals surface area contributed by atoms with Crippen molar-refractivity contribution in [2.45, 2.75) is 24.3 Å². The van der Waals surface area contributed by atoms with E-state index >= 15 is 0 Å². The van der Waals surface area contributed by atoms with E-state index in [0.717, 1.165) is 21.4 Å². The second kappa shape index (κ2) is 8.66. The van der Waals surface area contributed by atoms with E-state index in [-0.39, 0.29) is 12.4 Å². The van der Waals surface area contributed by atoms with Crippen LogP contribution in [0.2, 0.25) is 5.02 Å². The van der Waals surface area contributed by atoms with Gasteiger partial charge in [0, 0.05) is 28.8 Å². The zero-order valence-electron chi connectivity index (χ0n) is 14.3. The van der Waals surface area contributed by atoms with Gasteiger partial charge in [-0.1, -0.05) is 35.5 Å². The van der Waals surface area contributed by atoms with Gasteiger partial charge in [0.2, 0.25) is 0 Å². The van der Waals surface area contributed by atoms with Gasteiger partial charge in [-0.2, -0.15) is 0 Å². The number of hydrogen-bond acceptors (Lipinski definition) is 7. The van der Waals surface area contributed by atoms with E-state index in [0.29, 0.717) is 23.2 Å². The fourth-order valence-corrected chi connectivity index (χ4v) is 4.08. The van der Waals surface area contributed by atoms with Gasteiger partial charge in [0.15, 0.2) is 5.16 Å². The average molecular weight is 409 g/mol. The molecule has 0 bridgehead atoms. The van der Waals surface area contributed by atoms with Crippen LogP contribution in [0.1, 0.15) is 18.4 Å². The monoisotopic (exact) mass is 408 g/mol. The number of carbonyl (C=O) groups excluding carboxylic acids is 1. The van der Waals surface area contributed by atoms with Gasteiger partial charge in [-0.25, -0.2) is 4.98 Å². The SMILES string of the molecule is CCOC(=O)Cc1nnc(SCc2csc(-c3ccc(Cl)cc3)n2)n1C. The van der Waals surface area contributed by atoms with Crippen molar-refractivity contribution in [1.82, 2.24) is 19.7 Å². The number of rotatable bonds is 7. The van der Waals surface area contributed by atoms with Gasteiger partial charge in [0.25, 0.3) is 0 Å². The van der Waals surface area contributed by atoms with Crippen LogP contribution in [0.25, 0.3) is 10.6 Å². The summed E-state index contributed by atoms with van der Waals surface area (Å²) < 4.78 is 6.76. The van der Waals surface area contributed by atoms with Gasteiger partial charge >= 0.3 is 5.97 Å². The Balaban J connectivity index is 1.62. The smallest absolute Gasteiger partial charge is 0.313 e. The van der Waals surface area contributed by atoms with Gasteiger partial charge in [-0.05, 0) is 19.1 Å². The number of carbonyl (C=O) groups is 1. The normalized spacial score (nSPS) is 10.9. The summed E-state index contributed by atoms with van der Waals surface area (Å²) in [5, 5.41) is 12.7. The van der Waals surface area contributed by atoms with Crippen LogP contribution in [-0.2, 0) is 28.8 Å². The highest BCUT2D eigenvalue weighted by Crippen LogP contribution is 2.28. The number of thioether (sulfide) groups is 1. The molecule has 0 aliphatic heterocycles. The van der Waals surface area contributed by atoms with Crippen molar-refractivity contribution in [2.24, 2.45) is 7.05 Å². The van der Waals surface area contributed by atoms with E-state index < -0.39 is 0 Å². The van der Waals surface area contributed by atoms with Gasteiger partial charge in [-0.3, -0.25) is 4.79 Å². The molecule has 0 amide bonds. The van der Waals surface area contributed by atoms with Gasteiger partial charge in [-0.15, -0.1) is 21.5 Å². The Bertz CT molecular complexity index is 893. The Hall–Kier alpha value is -1.90. The number of esters is 1. The summed E-state index contributed by atoms with van der Waals surface area (Å²) >= 11 is 9.05. The summed E-state index contributed by atoms with van der Waals surface area (Å²) in [6, 6.07) is 7.64. The molecule has 6 nitrogen and oxygen atoms in total. The van der Waals surface area contributed by atoms with E-state index in [2.05, 4.69) is 15.2 Å². The van der Waals surface area contributed by atoms with E-state index in [9.17, 15) is 4.79 Å². The quantitative estimate of drug-likeness (QED) is 0.435. The second-order valence-corrected chi connectivity index (χ2v) is 7.62. The molecular weight excluding hydrogens is 392 g/mol. The fraction of sp³-hybridized carbons (Fsp3) is 0.294. The highest BCUT2D eigenvalue weighted by molar-refractivity contribution is 7.98. The molecule has 1 aromatic carbocycles. The third-order valence-corrected chi connectivity index (χ3v) is 5.77. The number of halogens is 1. The van der Waals surface area contributed by atoms with Crippen LogP contribution in [0, 0.1) is 0 Å². The molecule has 0 radical (unpaired) electrons. The molecule has 136 valence electrons. The molecule has 0 aliphatic rings. The van der Waals surface area contributed by atoms with Crippen LogP contribution in [0.5, 0.6) is 0 Å². The maximum atomic E-state index is 11.6. The van der Waals surface area contributed by atoms with Crippen LogP contribution in [-0.4, -0.2) is 32.3 Å². The molecule has 3 rings (SSSR count). The number of ether oxygens (including phenoxy) is 1. The van der Waals surface area contributed by atoms with Gasteiger partial charge in [0.1, 0.15) is 17.3 Å². The lowest BCUT2D eigenvalue weighted by molar-refractivity contribution is -0.142. The molecule has 9 heteroatoms. The van der Waals surface area contributed by atoms with Crippen molar-refractivity contribution in [3.63, 3.8) is 0 Å². The first kappa shape index (κ1) is 18.9. The van der Waals surface area contributed by atoms with Crippen LogP contribution in [0.15, 0.2) is 34.8 Å². The summed E-state index contributed by atoms with van der Waals surface area (Å²) in [6.07, 6.45) is 0.120. The molecular formula is C17H17ClN4O2S2. The first-order valence-electron chi connectivity index (χ1n) is 7.94. The topological polar surface area (TPSA) is 69.9 Å². The molecule has 0 saturated carbocycles. The minimum atomic E-state index is -0.299. The predicted octanol–water partition coefficient (Wildman–Crippen LogP) is 3.99. The van der Waals surface area contributed by atoms with Crippen LogP contribution < -0.4 is 0 Å². The van der Waals surface area contributed by atoms with Crippen LogP contribution in [0.3, 0.4) is 0 Å². The van der Waals surface area contributed by atoms with Crippen molar-refractivity contribution in [3.8, 4) is 10.6 Å². The third kappa shape index (κ3) is 4.63. The van der Waals surface area contributed by atoms with Crippen LogP contribution >= 0.6 is 34.7 Å². The zero-order valence-corrected chi connectivity index (χ0v) is 16.7. The van der Waals surface area contributed by atoms with Crippen molar-refractivity contribution < 1.29 is 9.53 Å².